The van der Waals surface area contributed by atoms with Gasteiger partial charge in [0.1, 0.15) is 5.82 Å². The van der Waals surface area contributed by atoms with E-state index in [0.717, 1.165) is 12.6 Å². The summed E-state index contributed by atoms with van der Waals surface area (Å²) >= 11 is 5.73. The number of rotatable bonds is 7. The topological polar surface area (TPSA) is 75.4 Å². The van der Waals surface area contributed by atoms with Crippen LogP contribution >= 0.6 is 11.6 Å². The zero-order valence-electron chi connectivity index (χ0n) is 12.4. The van der Waals surface area contributed by atoms with Crippen molar-refractivity contribution >= 4 is 21.6 Å². The van der Waals surface area contributed by atoms with Gasteiger partial charge in [-0.05, 0) is 51.7 Å². The molecule has 0 fully saturated rings. The number of hydrogen-bond donors (Lipinski definition) is 2. The van der Waals surface area contributed by atoms with Gasteiger partial charge in [-0.3, -0.25) is 0 Å². The van der Waals surface area contributed by atoms with E-state index in [1.165, 1.54) is 6.07 Å². The highest BCUT2D eigenvalue weighted by Gasteiger charge is 2.20. The van der Waals surface area contributed by atoms with Crippen LogP contribution in [0.25, 0.3) is 0 Å². The third-order valence-electron chi connectivity index (χ3n) is 2.97. The zero-order chi connectivity index (χ0) is 16.2. The molecule has 0 aliphatic heterocycles. The minimum atomic E-state index is -3.80. The van der Waals surface area contributed by atoms with Crippen molar-refractivity contribution in [1.82, 2.24) is 9.62 Å². The Hall–Kier alpha value is -0.730. The highest BCUT2D eigenvalue weighted by molar-refractivity contribution is 7.89. The molecule has 5 nitrogen and oxygen atoms in total. The molecule has 1 rings (SSSR count). The summed E-state index contributed by atoms with van der Waals surface area (Å²) in [7, 11) is 0.0102. The fourth-order valence-corrected chi connectivity index (χ4v) is 3.29. The number of nitrogens with two attached hydrogens (primary N) is 1. The van der Waals surface area contributed by atoms with Crippen LogP contribution < -0.4 is 10.5 Å². The van der Waals surface area contributed by atoms with Gasteiger partial charge in [0.25, 0.3) is 0 Å². The Kier molecular flexibility index (Phi) is 6.55. The van der Waals surface area contributed by atoms with Crippen LogP contribution in [-0.2, 0) is 16.6 Å². The highest BCUT2D eigenvalue weighted by atomic mass is 35.5. The molecule has 0 aromatic heterocycles. The largest absolute Gasteiger partial charge is 0.326 e. The van der Waals surface area contributed by atoms with Gasteiger partial charge in [0.05, 0.1) is 9.92 Å². The summed E-state index contributed by atoms with van der Waals surface area (Å²) in [6, 6.07) is 1.94. The normalized spacial score (nSPS) is 13.7. The van der Waals surface area contributed by atoms with Gasteiger partial charge in [-0.1, -0.05) is 11.6 Å². The van der Waals surface area contributed by atoms with E-state index >= 15 is 0 Å². The van der Waals surface area contributed by atoms with Crippen molar-refractivity contribution in [2.24, 2.45) is 5.73 Å². The van der Waals surface area contributed by atoms with Crippen molar-refractivity contribution in [3.8, 4) is 0 Å². The van der Waals surface area contributed by atoms with Crippen molar-refractivity contribution < 1.29 is 12.8 Å². The first-order valence-electron chi connectivity index (χ1n) is 6.52. The molecule has 0 saturated heterocycles. The van der Waals surface area contributed by atoms with E-state index < -0.39 is 15.8 Å². The molecule has 0 amide bonds. The monoisotopic (exact) mass is 337 g/mol. The Balaban J connectivity index is 2.95. The molecule has 120 valence electrons. The molecule has 0 bridgehead atoms. The van der Waals surface area contributed by atoms with Crippen LogP contribution in [0.15, 0.2) is 17.0 Å². The molecule has 1 unspecified atom stereocenters. The maximum Gasteiger partial charge on any atom is 0.240 e. The SMILES string of the molecule is CC(CCN(C)C)NS(=O)(=O)c1cc(F)c(Cl)c(CN)c1. The van der Waals surface area contributed by atoms with E-state index in [9.17, 15) is 12.8 Å². The third-order valence-corrected chi connectivity index (χ3v) is 4.97. The molecule has 0 spiro atoms. The van der Waals surface area contributed by atoms with Crippen LogP contribution in [0.1, 0.15) is 18.9 Å². The second-order valence-electron chi connectivity index (χ2n) is 5.20. The molecule has 8 heteroatoms. The predicted molar refractivity (Wildman–Crippen MR) is 82.3 cm³/mol. The van der Waals surface area contributed by atoms with Crippen LogP contribution in [-0.4, -0.2) is 40.0 Å². The maximum absolute atomic E-state index is 13.7. The van der Waals surface area contributed by atoms with Gasteiger partial charge in [0.15, 0.2) is 0 Å². The van der Waals surface area contributed by atoms with Crippen LogP contribution in [0.2, 0.25) is 5.02 Å². The summed E-state index contributed by atoms with van der Waals surface area (Å²) in [4.78, 5) is 1.79. The first-order chi connectivity index (χ1) is 9.67. The molecule has 0 aliphatic carbocycles. The lowest BCUT2D eigenvalue weighted by Crippen LogP contribution is -2.35. The van der Waals surface area contributed by atoms with Gasteiger partial charge < -0.3 is 10.6 Å². The van der Waals surface area contributed by atoms with Gasteiger partial charge in [-0.15, -0.1) is 0 Å². The minimum Gasteiger partial charge on any atom is -0.326 e. The second-order valence-corrected chi connectivity index (χ2v) is 7.29. The van der Waals surface area contributed by atoms with E-state index in [1.54, 1.807) is 6.92 Å². The Morgan fingerprint density at radius 3 is 2.57 bits per heavy atom. The molecule has 0 aliphatic rings. The smallest absolute Gasteiger partial charge is 0.240 e. The fourth-order valence-electron chi connectivity index (χ4n) is 1.77. The molecular weight excluding hydrogens is 317 g/mol. The summed E-state index contributed by atoms with van der Waals surface area (Å²) in [5.41, 5.74) is 5.70. The molecule has 1 aromatic rings. The summed E-state index contributed by atoms with van der Waals surface area (Å²) in [6.07, 6.45) is 0.645. The van der Waals surface area contributed by atoms with Gasteiger partial charge in [0, 0.05) is 12.6 Å². The quantitative estimate of drug-likeness (QED) is 0.791. The maximum atomic E-state index is 13.7. The lowest BCUT2D eigenvalue weighted by atomic mass is 10.2. The number of nitrogens with zero attached hydrogens (tertiary/aromatic N) is 1. The van der Waals surface area contributed by atoms with E-state index in [-0.39, 0.29) is 28.1 Å². The first kappa shape index (κ1) is 18.3. The third kappa shape index (κ3) is 5.19. The first-order valence-corrected chi connectivity index (χ1v) is 8.38. The van der Waals surface area contributed by atoms with Gasteiger partial charge >= 0.3 is 0 Å². The number of nitrogens with one attached hydrogen (secondary N) is 1. The molecule has 0 saturated carbocycles. The molecule has 0 radical (unpaired) electrons. The molecule has 0 heterocycles. The Bertz CT molecular complexity index is 593. The average Bonchev–Trinajstić information content (AvgIpc) is 2.38. The van der Waals surface area contributed by atoms with Crippen molar-refractivity contribution in [2.75, 3.05) is 20.6 Å². The van der Waals surface area contributed by atoms with Crippen LogP contribution in [0, 0.1) is 5.82 Å². The summed E-state index contributed by atoms with van der Waals surface area (Å²) in [5.74, 6) is -0.791. The Labute approximate surface area is 130 Å². The van der Waals surface area contributed by atoms with Crippen LogP contribution in [0.3, 0.4) is 0 Å². The van der Waals surface area contributed by atoms with Crippen molar-refractivity contribution in [2.45, 2.75) is 30.8 Å². The van der Waals surface area contributed by atoms with Crippen molar-refractivity contribution in [3.05, 3.63) is 28.5 Å². The van der Waals surface area contributed by atoms with Gasteiger partial charge in [0.2, 0.25) is 10.0 Å². The summed E-state index contributed by atoms with van der Waals surface area (Å²) in [6.45, 7) is 2.47. The molecular formula is C13H21ClFN3O2S. The van der Waals surface area contributed by atoms with Crippen molar-refractivity contribution in [1.29, 1.82) is 0 Å². The Morgan fingerprint density at radius 2 is 2.05 bits per heavy atom. The number of hydrogen-bond acceptors (Lipinski definition) is 4. The molecule has 3 N–H and O–H groups in total. The van der Waals surface area contributed by atoms with E-state index in [2.05, 4.69) is 4.72 Å². The summed E-state index contributed by atoms with van der Waals surface area (Å²) < 4.78 is 40.7. The van der Waals surface area contributed by atoms with Crippen LogP contribution in [0.5, 0.6) is 0 Å². The lowest BCUT2D eigenvalue weighted by molar-refractivity contribution is 0.379. The number of sulfonamides is 1. The van der Waals surface area contributed by atoms with E-state index in [4.69, 9.17) is 17.3 Å². The van der Waals surface area contributed by atoms with Crippen LogP contribution in [0.4, 0.5) is 4.39 Å². The number of benzene rings is 1. The number of halogens is 2. The fraction of sp³-hybridized carbons (Fsp3) is 0.538. The molecule has 1 aromatic carbocycles. The molecule has 1 atom stereocenters. The van der Waals surface area contributed by atoms with Crippen molar-refractivity contribution in [3.63, 3.8) is 0 Å². The molecule has 21 heavy (non-hydrogen) atoms. The average molecular weight is 338 g/mol. The standard InChI is InChI=1S/C13H21ClFN3O2S/c1-9(4-5-18(2)3)17-21(19,20)11-6-10(8-16)13(14)12(15)7-11/h6-7,9,17H,4-5,8,16H2,1-3H3. The Morgan fingerprint density at radius 1 is 1.43 bits per heavy atom. The predicted octanol–water partition coefficient (Wildman–Crippen LogP) is 1.56. The van der Waals surface area contributed by atoms with E-state index in [1.807, 2.05) is 19.0 Å². The minimum absolute atomic E-state index is 0.0324. The zero-order valence-corrected chi connectivity index (χ0v) is 13.9. The highest BCUT2D eigenvalue weighted by Crippen LogP contribution is 2.24. The van der Waals surface area contributed by atoms with Gasteiger partial charge in [-0.25, -0.2) is 17.5 Å². The second kappa shape index (κ2) is 7.51. The summed E-state index contributed by atoms with van der Waals surface area (Å²) in [5, 5.41) is -0.142. The van der Waals surface area contributed by atoms with E-state index in [0.29, 0.717) is 6.42 Å². The van der Waals surface area contributed by atoms with Gasteiger partial charge in [-0.2, -0.15) is 0 Å². The lowest BCUT2D eigenvalue weighted by Gasteiger charge is -2.17.